The molecule has 0 bridgehead atoms. The standard InChI is InChI=1S/C23H20BrN5O3/c1-14-11-19(29(27-14)17-7-4-6-16(24)12-17)25-20(30)13-28-21(31)23(26-22(28)32)10-9-15-5-2-3-8-18(15)23/h2-8,11-12H,9-10,13H2,1H3,(H,25,30)(H,26,32). The number of rotatable bonds is 4. The molecule has 1 saturated heterocycles. The van der Waals surface area contributed by atoms with Crippen LogP contribution in [0.3, 0.4) is 0 Å². The van der Waals surface area contributed by atoms with Crippen molar-refractivity contribution in [3.05, 3.63) is 75.9 Å². The Morgan fingerprint density at radius 3 is 2.81 bits per heavy atom. The summed E-state index contributed by atoms with van der Waals surface area (Å²) in [6, 6.07) is 16.3. The van der Waals surface area contributed by atoms with Crippen molar-refractivity contribution in [1.82, 2.24) is 20.0 Å². The first-order valence-corrected chi connectivity index (χ1v) is 11.0. The molecular weight excluding hydrogens is 474 g/mol. The van der Waals surface area contributed by atoms with E-state index in [2.05, 4.69) is 31.7 Å². The number of halogens is 1. The molecule has 162 valence electrons. The lowest BCUT2D eigenvalue weighted by atomic mass is 9.92. The van der Waals surface area contributed by atoms with Crippen LogP contribution in [0.15, 0.2) is 59.1 Å². The maximum atomic E-state index is 13.3. The number of nitrogens with zero attached hydrogens (tertiary/aromatic N) is 3. The molecule has 4 amide bonds. The quantitative estimate of drug-likeness (QED) is 0.545. The van der Waals surface area contributed by atoms with Gasteiger partial charge in [-0.3, -0.25) is 14.5 Å². The molecule has 5 rings (SSSR count). The van der Waals surface area contributed by atoms with E-state index in [1.165, 1.54) is 0 Å². The van der Waals surface area contributed by atoms with Gasteiger partial charge in [0.1, 0.15) is 17.9 Å². The van der Waals surface area contributed by atoms with E-state index < -0.39 is 17.5 Å². The van der Waals surface area contributed by atoms with Gasteiger partial charge in [-0.25, -0.2) is 9.48 Å². The molecule has 2 heterocycles. The molecule has 1 aliphatic carbocycles. The molecule has 1 aromatic heterocycles. The molecule has 0 saturated carbocycles. The number of carbonyl (C=O) groups is 3. The minimum absolute atomic E-state index is 0.378. The summed E-state index contributed by atoms with van der Waals surface area (Å²) in [6.07, 6.45) is 1.19. The molecule has 1 unspecified atom stereocenters. The smallest absolute Gasteiger partial charge is 0.319 e. The number of aromatic nitrogens is 2. The van der Waals surface area contributed by atoms with Crippen LogP contribution in [0.4, 0.5) is 10.6 Å². The number of nitrogens with one attached hydrogen (secondary N) is 2. The lowest BCUT2D eigenvalue weighted by molar-refractivity contribution is -0.134. The van der Waals surface area contributed by atoms with Gasteiger partial charge in [-0.15, -0.1) is 0 Å². The fourth-order valence-corrected chi connectivity index (χ4v) is 4.84. The van der Waals surface area contributed by atoms with Crippen LogP contribution in [0.1, 0.15) is 23.2 Å². The summed E-state index contributed by atoms with van der Waals surface area (Å²) < 4.78 is 2.49. The lowest BCUT2D eigenvalue weighted by Gasteiger charge is -2.22. The van der Waals surface area contributed by atoms with Crippen LogP contribution in [0.5, 0.6) is 0 Å². The largest absolute Gasteiger partial charge is 0.325 e. The number of urea groups is 1. The molecule has 1 spiro atoms. The summed E-state index contributed by atoms with van der Waals surface area (Å²) in [4.78, 5) is 39.7. The zero-order chi connectivity index (χ0) is 22.5. The van der Waals surface area contributed by atoms with E-state index >= 15 is 0 Å². The predicted molar refractivity (Wildman–Crippen MR) is 121 cm³/mol. The van der Waals surface area contributed by atoms with Crippen LogP contribution >= 0.6 is 15.9 Å². The Hall–Kier alpha value is -3.46. The fourth-order valence-electron chi connectivity index (χ4n) is 4.45. The van der Waals surface area contributed by atoms with Gasteiger partial charge in [-0.1, -0.05) is 46.3 Å². The first kappa shape index (κ1) is 20.4. The molecule has 8 nitrogen and oxygen atoms in total. The Labute approximate surface area is 192 Å². The number of fused-ring (bicyclic) bond motifs is 2. The highest BCUT2D eigenvalue weighted by Crippen LogP contribution is 2.41. The van der Waals surface area contributed by atoms with Crippen molar-refractivity contribution in [2.45, 2.75) is 25.3 Å². The number of hydrogen-bond acceptors (Lipinski definition) is 4. The van der Waals surface area contributed by atoms with Crippen LogP contribution in [0, 0.1) is 6.92 Å². The van der Waals surface area contributed by atoms with Gasteiger partial charge in [0.15, 0.2) is 0 Å². The molecule has 1 atom stereocenters. The highest BCUT2D eigenvalue weighted by atomic mass is 79.9. The molecule has 9 heteroatoms. The van der Waals surface area contributed by atoms with Gasteiger partial charge in [-0.05, 0) is 49.1 Å². The van der Waals surface area contributed by atoms with Gasteiger partial charge in [0, 0.05) is 10.5 Å². The number of imide groups is 1. The normalized spacial score (nSPS) is 19.4. The second-order valence-electron chi connectivity index (χ2n) is 7.99. The van der Waals surface area contributed by atoms with Crippen molar-refractivity contribution in [2.24, 2.45) is 0 Å². The van der Waals surface area contributed by atoms with Gasteiger partial charge >= 0.3 is 6.03 Å². The lowest BCUT2D eigenvalue weighted by Crippen LogP contribution is -2.43. The second-order valence-corrected chi connectivity index (χ2v) is 8.91. The maximum absolute atomic E-state index is 13.3. The predicted octanol–water partition coefficient (Wildman–Crippen LogP) is 3.28. The van der Waals surface area contributed by atoms with Gasteiger partial charge in [-0.2, -0.15) is 5.10 Å². The SMILES string of the molecule is Cc1cc(NC(=O)CN2C(=O)NC3(CCc4ccccc43)C2=O)n(-c2cccc(Br)c2)n1. The van der Waals surface area contributed by atoms with Gasteiger partial charge in [0.25, 0.3) is 5.91 Å². The highest BCUT2D eigenvalue weighted by Gasteiger charge is 2.55. The average Bonchev–Trinajstić information content (AvgIpc) is 3.39. The zero-order valence-electron chi connectivity index (χ0n) is 17.3. The van der Waals surface area contributed by atoms with Crippen LogP contribution in [0.2, 0.25) is 0 Å². The number of hydrogen-bond donors (Lipinski definition) is 2. The van der Waals surface area contributed by atoms with Crippen LogP contribution < -0.4 is 10.6 Å². The van der Waals surface area contributed by atoms with Crippen molar-refractivity contribution in [2.75, 3.05) is 11.9 Å². The number of amides is 4. The Balaban J connectivity index is 1.36. The summed E-state index contributed by atoms with van der Waals surface area (Å²) in [5, 5.41) is 10.1. The van der Waals surface area contributed by atoms with E-state index in [9.17, 15) is 14.4 Å². The first-order chi connectivity index (χ1) is 15.4. The van der Waals surface area contributed by atoms with E-state index in [1.807, 2.05) is 55.5 Å². The van der Waals surface area contributed by atoms with Gasteiger partial charge in [0.05, 0.1) is 11.4 Å². The summed E-state index contributed by atoms with van der Waals surface area (Å²) in [7, 11) is 0. The zero-order valence-corrected chi connectivity index (χ0v) is 18.8. The topological polar surface area (TPSA) is 96.3 Å². The van der Waals surface area contributed by atoms with Crippen molar-refractivity contribution < 1.29 is 14.4 Å². The molecule has 32 heavy (non-hydrogen) atoms. The fraction of sp³-hybridized carbons (Fsp3) is 0.217. The van der Waals surface area contributed by atoms with E-state index in [0.717, 1.165) is 31.9 Å². The third-order valence-corrected chi connectivity index (χ3v) is 6.37. The van der Waals surface area contributed by atoms with E-state index in [4.69, 9.17) is 0 Å². The minimum atomic E-state index is -1.08. The highest BCUT2D eigenvalue weighted by molar-refractivity contribution is 9.10. The number of aryl methyl sites for hydroxylation is 2. The van der Waals surface area contributed by atoms with E-state index in [-0.39, 0.29) is 12.5 Å². The molecule has 2 aliphatic rings. The summed E-state index contributed by atoms with van der Waals surface area (Å²) in [5.41, 5.74) is 2.25. The molecular formula is C23H20BrN5O3. The second kappa shape index (κ2) is 7.59. The van der Waals surface area contributed by atoms with Gasteiger partial charge < -0.3 is 10.6 Å². The van der Waals surface area contributed by atoms with Crippen LogP contribution in [-0.4, -0.2) is 39.1 Å². The van der Waals surface area contributed by atoms with Gasteiger partial charge in [0.2, 0.25) is 5.91 Å². The third-order valence-electron chi connectivity index (χ3n) is 5.88. The molecule has 3 aromatic rings. The van der Waals surface area contributed by atoms with Crippen LogP contribution in [0.25, 0.3) is 5.69 Å². The average molecular weight is 494 g/mol. The third kappa shape index (κ3) is 3.29. The first-order valence-electron chi connectivity index (χ1n) is 10.2. The summed E-state index contributed by atoms with van der Waals surface area (Å²) >= 11 is 3.44. The number of benzene rings is 2. The molecule has 1 fully saturated rings. The van der Waals surface area contributed by atoms with Crippen molar-refractivity contribution in [1.29, 1.82) is 0 Å². The van der Waals surface area contributed by atoms with Crippen molar-refractivity contribution in [3.8, 4) is 5.69 Å². The Bertz CT molecular complexity index is 1270. The maximum Gasteiger partial charge on any atom is 0.325 e. The van der Waals surface area contributed by atoms with Crippen molar-refractivity contribution in [3.63, 3.8) is 0 Å². The van der Waals surface area contributed by atoms with E-state index in [1.54, 1.807) is 10.7 Å². The monoisotopic (exact) mass is 493 g/mol. The minimum Gasteiger partial charge on any atom is -0.319 e. The van der Waals surface area contributed by atoms with Crippen LogP contribution in [-0.2, 0) is 21.5 Å². The summed E-state index contributed by atoms with van der Waals surface area (Å²) in [5.74, 6) is -0.411. The molecule has 2 N–H and O–H groups in total. The Kier molecular flexibility index (Phi) is 4.85. The molecule has 1 aliphatic heterocycles. The Morgan fingerprint density at radius 2 is 2.00 bits per heavy atom. The number of carbonyl (C=O) groups excluding carboxylic acids is 3. The molecule has 2 aromatic carbocycles. The molecule has 0 radical (unpaired) electrons. The summed E-state index contributed by atoms with van der Waals surface area (Å²) in [6.45, 7) is 1.44. The van der Waals surface area contributed by atoms with E-state index in [0.29, 0.717) is 18.7 Å². The number of anilines is 1. The van der Waals surface area contributed by atoms with Crippen molar-refractivity contribution >= 4 is 39.6 Å². The Morgan fingerprint density at radius 1 is 1.19 bits per heavy atom.